The van der Waals surface area contributed by atoms with Gasteiger partial charge in [0.05, 0.1) is 11.0 Å². The summed E-state index contributed by atoms with van der Waals surface area (Å²) in [5.74, 6) is 0.935. The zero-order valence-electron chi connectivity index (χ0n) is 24.6. The van der Waals surface area contributed by atoms with E-state index in [0.717, 1.165) is 28.1 Å². The molecule has 0 radical (unpaired) electrons. The fourth-order valence-corrected chi connectivity index (χ4v) is 7.09. The van der Waals surface area contributed by atoms with Crippen LogP contribution in [0.1, 0.15) is 0 Å². The molecule has 2 heteroatoms. The number of aromatic nitrogens is 2. The number of hydrogen-bond donors (Lipinski definition) is 0. The standard InChI is InChI=1S/C43H28N2/c1-2-17-30(18-3-1)45-40-28-13-12-27-39(40)44-43(45)38-25-11-10-24-37(38)42-35-22-8-6-20-33(35)41(34-21-7-9-23-36(34)42)32-26-14-16-29-15-4-5-19-31(29)32/h1-28H. The molecule has 0 aliphatic carbocycles. The van der Waals surface area contributed by atoms with Gasteiger partial charge in [-0.15, -0.1) is 0 Å². The van der Waals surface area contributed by atoms with E-state index < -0.39 is 0 Å². The number of rotatable bonds is 4. The van der Waals surface area contributed by atoms with Gasteiger partial charge in [0.2, 0.25) is 0 Å². The second-order valence-electron chi connectivity index (χ2n) is 11.5. The van der Waals surface area contributed by atoms with Gasteiger partial charge in [-0.2, -0.15) is 0 Å². The molecule has 1 aromatic heterocycles. The molecule has 0 bridgehead atoms. The molecule has 0 saturated heterocycles. The molecule has 0 N–H and O–H groups in total. The molecule has 8 aromatic carbocycles. The van der Waals surface area contributed by atoms with E-state index in [2.05, 4.69) is 174 Å². The molecule has 1 heterocycles. The molecule has 0 aliphatic heterocycles. The summed E-state index contributed by atoms with van der Waals surface area (Å²) in [4.78, 5) is 5.27. The molecule has 0 amide bonds. The Balaban J connectivity index is 1.40. The maximum Gasteiger partial charge on any atom is 0.146 e. The number of benzene rings is 8. The summed E-state index contributed by atoms with van der Waals surface area (Å²) < 4.78 is 2.29. The minimum atomic E-state index is 0.935. The highest BCUT2D eigenvalue weighted by atomic mass is 15.1. The zero-order valence-corrected chi connectivity index (χ0v) is 24.6. The lowest BCUT2D eigenvalue weighted by Gasteiger charge is -2.20. The maximum atomic E-state index is 5.27. The quantitative estimate of drug-likeness (QED) is 0.192. The van der Waals surface area contributed by atoms with Crippen LogP contribution < -0.4 is 0 Å². The van der Waals surface area contributed by atoms with Gasteiger partial charge < -0.3 is 0 Å². The third-order valence-corrected chi connectivity index (χ3v) is 9.00. The van der Waals surface area contributed by atoms with Gasteiger partial charge in [-0.25, -0.2) is 4.98 Å². The Bertz CT molecular complexity index is 2480. The summed E-state index contributed by atoms with van der Waals surface area (Å²) in [5.41, 5.74) is 9.20. The van der Waals surface area contributed by atoms with E-state index in [1.54, 1.807) is 0 Å². The summed E-state index contributed by atoms with van der Waals surface area (Å²) in [7, 11) is 0. The average molecular weight is 573 g/mol. The topological polar surface area (TPSA) is 17.8 Å². The van der Waals surface area contributed by atoms with Gasteiger partial charge in [0, 0.05) is 11.3 Å². The van der Waals surface area contributed by atoms with Crippen molar-refractivity contribution in [1.82, 2.24) is 9.55 Å². The Morgan fingerprint density at radius 2 is 0.844 bits per heavy atom. The molecule has 0 aliphatic rings. The SMILES string of the molecule is c1ccc(-n2c(-c3ccccc3-c3c4ccccc4c(-c4cccc5ccccc45)c4ccccc34)nc3ccccc32)cc1. The molecule has 0 spiro atoms. The third-order valence-electron chi connectivity index (χ3n) is 9.00. The van der Waals surface area contributed by atoms with E-state index >= 15 is 0 Å². The lowest BCUT2D eigenvalue weighted by molar-refractivity contribution is 1.10. The van der Waals surface area contributed by atoms with Crippen molar-refractivity contribution in [1.29, 1.82) is 0 Å². The van der Waals surface area contributed by atoms with Gasteiger partial charge in [0.1, 0.15) is 5.82 Å². The van der Waals surface area contributed by atoms with Crippen molar-refractivity contribution in [3.8, 4) is 39.3 Å². The van der Waals surface area contributed by atoms with Crippen LogP contribution >= 0.6 is 0 Å². The molecule has 9 aromatic rings. The van der Waals surface area contributed by atoms with Crippen molar-refractivity contribution in [3.63, 3.8) is 0 Å². The predicted octanol–water partition coefficient (Wildman–Crippen LogP) is 11.5. The summed E-state index contributed by atoms with van der Waals surface area (Å²) >= 11 is 0. The summed E-state index contributed by atoms with van der Waals surface area (Å²) in [6, 6.07) is 60.8. The van der Waals surface area contributed by atoms with Gasteiger partial charge in [-0.3, -0.25) is 4.57 Å². The molecular formula is C43H28N2. The molecular weight excluding hydrogens is 544 g/mol. The number of hydrogen-bond acceptors (Lipinski definition) is 1. The van der Waals surface area contributed by atoms with Gasteiger partial charge in [0.15, 0.2) is 0 Å². The van der Waals surface area contributed by atoms with Crippen LogP contribution in [0.3, 0.4) is 0 Å². The van der Waals surface area contributed by atoms with E-state index in [9.17, 15) is 0 Å². The van der Waals surface area contributed by atoms with E-state index in [-0.39, 0.29) is 0 Å². The summed E-state index contributed by atoms with van der Waals surface area (Å²) in [5, 5.41) is 7.46. The van der Waals surface area contributed by atoms with Crippen molar-refractivity contribution in [2.24, 2.45) is 0 Å². The first kappa shape index (κ1) is 25.5. The van der Waals surface area contributed by atoms with Crippen LogP contribution in [0.5, 0.6) is 0 Å². The van der Waals surface area contributed by atoms with Crippen LogP contribution in [-0.4, -0.2) is 9.55 Å². The van der Waals surface area contributed by atoms with E-state index in [0.29, 0.717) is 0 Å². The van der Waals surface area contributed by atoms with Crippen LogP contribution in [-0.2, 0) is 0 Å². The predicted molar refractivity (Wildman–Crippen MR) is 190 cm³/mol. The Morgan fingerprint density at radius 1 is 0.356 bits per heavy atom. The van der Waals surface area contributed by atoms with Crippen molar-refractivity contribution < 1.29 is 0 Å². The van der Waals surface area contributed by atoms with Crippen molar-refractivity contribution >= 4 is 43.4 Å². The van der Waals surface area contributed by atoms with Crippen LogP contribution in [0, 0.1) is 0 Å². The summed E-state index contributed by atoms with van der Waals surface area (Å²) in [6.07, 6.45) is 0. The molecule has 0 fully saturated rings. The first-order valence-corrected chi connectivity index (χ1v) is 15.4. The van der Waals surface area contributed by atoms with E-state index in [4.69, 9.17) is 4.98 Å². The number of fused-ring (bicyclic) bond motifs is 4. The summed E-state index contributed by atoms with van der Waals surface area (Å²) in [6.45, 7) is 0. The number of para-hydroxylation sites is 3. The average Bonchev–Trinajstić information content (AvgIpc) is 3.50. The Morgan fingerprint density at radius 3 is 1.56 bits per heavy atom. The Hall–Kier alpha value is -5.99. The molecule has 210 valence electrons. The lowest BCUT2D eigenvalue weighted by atomic mass is 9.83. The molecule has 0 atom stereocenters. The van der Waals surface area contributed by atoms with E-state index in [1.165, 1.54) is 54.6 Å². The first-order chi connectivity index (χ1) is 22.4. The zero-order chi connectivity index (χ0) is 29.7. The molecule has 9 rings (SSSR count). The van der Waals surface area contributed by atoms with Crippen molar-refractivity contribution in [3.05, 3.63) is 170 Å². The van der Waals surface area contributed by atoms with Crippen LogP contribution in [0.25, 0.3) is 82.7 Å². The smallest absolute Gasteiger partial charge is 0.146 e. The van der Waals surface area contributed by atoms with Gasteiger partial charge in [-0.05, 0) is 78.8 Å². The van der Waals surface area contributed by atoms with Gasteiger partial charge in [0.25, 0.3) is 0 Å². The van der Waals surface area contributed by atoms with Crippen molar-refractivity contribution in [2.45, 2.75) is 0 Å². The van der Waals surface area contributed by atoms with Crippen LogP contribution in [0.15, 0.2) is 170 Å². The second-order valence-corrected chi connectivity index (χ2v) is 11.5. The van der Waals surface area contributed by atoms with Crippen LogP contribution in [0.4, 0.5) is 0 Å². The third kappa shape index (κ3) is 4.00. The fourth-order valence-electron chi connectivity index (χ4n) is 7.09. The van der Waals surface area contributed by atoms with Crippen LogP contribution in [0.2, 0.25) is 0 Å². The Kier molecular flexibility index (Phi) is 5.85. The maximum absolute atomic E-state index is 5.27. The minimum absolute atomic E-state index is 0.935. The van der Waals surface area contributed by atoms with Gasteiger partial charge >= 0.3 is 0 Å². The fraction of sp³-hybridized carbons (Fsp3) is 0. The second kappa shape index (κ2) is 10.3. The highest BCUT2D eigenvalue weighted by Crippen LogP contribution is 2.47. The molecule has 0 saturated carbocycles. The number of imidazole rings is 1. The Labute approximate surface area is 261 Å². The van der Waals surface area contributed by atoms with Crippen molar-refractivity contribution in [2.75, 3.05) is 0 Å². The first-order valence-electron chi connectivity index (χ1n) is 15.4. The normalized spacial score (nSPS) is 11.6. The molecule has 0 unspecified atom stereocenters. The minimum Gasteiger partial charge on any atom is -0.292 e. The highest BCUT2D eigenvalue weighted by molar-refractivity contribution is 6.24. The largest absolute Gasteiger partial charge is 0.292 e. The monoisotopic (exact) mass is 572 g/mol. The molecule has 45 heavy (non-hydrogen) atoms. The molecule has 2 nitrogen and oxygen atoms in total. The highest BCUT2D eigenvalue weighted by Gasteiger charge is 2.22. The lowest BCUT2D eigenvalue weighted by Crippen LogP contribution is -1.99. The number of nitrogens with zero attached hydrogens (tertiary/aromatic N) is 2. The van der Waals surface area contributed by atoms with E-state index in [1.807, 2.05) is 0 Å². The van der Waals surface area contributed by atoms with Gasteiger partial charge in [-0.1, -0.05) is 146 Å².